The zero-order valence-corrected chi connectivity index (χ0v) is 16.2. The summed E-state index contributed by atoms with van der Waals surface area (Å²) in [4.78, 5) is 4.37. The Labute approximate surface area is 166 Å². The van der Waals surface area contributed by atoms with E-state index >= 15 is 0 Å². The summed E-state index contributed by atoms with van der Waals surface area (Å²) in [7, 11) is 0. The summed E-state index contributed by atoms with van der Waals surface area (Å²) < 4.78 is 30.3. The monoisotopic (exact) mass is 394 g/mol. The number of ether oxygens (including phenoxy) is 1. The molecule has 2 heterocycles. The molecule has 0 aliphatic rings. The van der Waals surface area contributed by atoms with Gasteiger partial charge in [0.05, 0.1) is 6.10 Å². The maximum Gasteiger partial charge on any atom is 0.247 e. The molecule has 2 aromatic carbocycles. The molecule has 0 aliphatic carbocycles. The highest BCUT2D eigenvalue weighted by atomic mass is 19.1. The molecule has 148 valence electrons. The molecule has 4 aromatic rings. The molecule has 0 bridgehead atoms. The van der Waals surface area contributed by atoms with Crippen molar-refractivity contribution in [3.63, 3.8) is 0 Å². The average molecular weight is 394 g/mol. The summed E-state index contributed by atoms with van der Waals surface area (Å²) in [6.45, 7) is 5.63. The Morgan fingerprint density at radius 2 is 1.76 bits per heavy atom. The molecule has 2 aromatic heterocycles. The maximum atomic E-state index is 13.7. The molecule has 4 rings (SSSR count). The molecule has 0 amide bonds. The number of aryl methyl sites for hydroxylation is 1. The Balaban J connectivity index is 1.47. The van der Waals surface area contributed by atoms with E-state index in [0.29, 0.717) is 28.7 Å². The van der Waals surface area contributed by atoms with Crippen LogP contribution >= 0.6 is 0 Å². The number of benzene rings is 2. The summed E-state index contributed by atoms with van der Waals surface area (Å²) in [5, 5.41) is 11.9. The minimum atomic E-state index is -0.325. The van der Waals surface area contributed by atoms with Gasteiger partial charge < -0.3 is 13.7 Å². The largest absolute Gasteiger partial charge is 0.491 e. The van der Waals surface area contributed by atoms with Gasteiger partial charge in [0, 0.05) is 11.1 Å². The fraction of sp³-hybridized carbons (Fsp3) is 0.238. The van der Waals surface area contributed by atoms with Crippen LogP contribution in [0.4, 0.5) is 4.39 Å². The zero-order valence-electron chi connectivity index (χ0n) is 16.2. The lowest BCUT2D eigenvalue weighted by molar-refractivity contribution is 0.242. The van der Waals surface area contributed by atoms with Gasteiger partial charge in [0.15, 0.2) is 0 Å². The lowest BCUT2D eigenvalue weighted by atomic mass is 10.1. The first kappa shape index (κ1) is 18.8. The van der Waals surface area contributed by atoms with Gasteiger partial charge in [0.2, 0.25) is 23.5 Å². The fourth-order valence-corrected chi connectivity index (χ4v) is 2.70. The highest BCUT2D eigenvalue weighted by Gasteiger charge is 2.15. The third-order valence-corrected chi connectivity index (χ3v) is 4.14. The molecule has 0 unspecified atom stereocenters. The summed E-state index contributed by atoms with van der Waals surface area (Å²) >= 11 is 0. The van der Waals surface area contributed by atoms with Crippen molar-refractivity contribution in [3.05, 3.63) is 65.6 Å². The Hall–Kier alpha value is -3.55. The van der Waals surface area contributed by atoms with Crippen LogP contribution < -0.4 is 4.74 Å². The highest BCUT2D eigenvalue weighted by Crippen LogP contribution is 2.23. The number of rotatable bonds is 6. The van der Waals surface area contributed by atoms with Crippen LogP contribution in [0, 0.1) is 12.7 Å². The number of hydrogen-bond acceptors (Lipinski definition) is 7. The third kappa shape index (κ3) is 4.31. The third-order valence-electron chi connectivity index (χ3n) is 4.14. The number of aromatic nitrogens is 4. The Bertz CT molecular complexity index is 1120. The summed E-state index contributed by atoms with van der Waals surface area (Å²) in [6.07, 6.45) is 0.288. The first-order valence-corrected chi connectivity index (χ1v) is 9.16. The number of hydrogen-bond donors (Lipinski definition) is 0. The Morgan fingerprint density at radius 1 is 1.00 bits per heavy atom. The van der Waals surface area contributed by atoms with E-state index in [1.54, 1.807) is 19.1 Å². The van der Waals surface area contributed by atoms with Crippen LogP contribution in [-0.4, -0.2) is 26.4 Å². The van der Waals surface area contributed by atoms with Crippen molar-refractivity contribution in [2.24, 2.45) is 0 Å². The molecule has 0 saturated carbocycles. The van der Waals surface area contributed by atoms with Crippen molar-refractivity contribution in [1.29, 1.82) is 0 Å². The van der Waals surface area contributed by atoms with Crippen molar-refractivity contribution >= 4 is 0 Å². The van der Waals surface area contributed by atoms with Gasteiger partial charge in [-0.3, -0.25) is 0 Å². The molecule has 29 heavy (non-hydrogen) atoms. The lowest BCUT2D eigenvalue weighted by Crippen LogP contribution is -2.05. The molecular weight excluding hydrogens is 375 g/mol. The van der Waals surface area contributed by atoms with Gasteiger partial charge in [-0.05, 0) is 62.7 Å². The second-order valence-electron chi connectivity index (χ2n) is 6.84. The summed E-state index contributed by atoms with van der Waals surface area (Å²) in [5.74, 6) is 1.78. The van der Waals surface area contributed by atoms with Gasteiger partial charge in [-0.1, -0.05) is 11.2 Å². The highest BCUT2D eigenvalue weighted by molar-refractivity contribution is 5.55. The van der Waals surface area contributed by atoms with E-state index in [4.69, 9.17) is 13.7 Å². The topological polar surface area (TPSA) is 87.1 Å². The van der Waals surface area contributed by atoms with Crippen LogP contribution in [0.1, 0.15) is 31.2 Å². The van der Waals surface area contributed by atoms with Crippen LogP contribution in [0.3, 0.4) is 0 Å². The fourth-order valence-electron chi connectivity index (χ4n) is 2.70. The molecule has 0 saturated heterocycles. The van der Waals surface area contributed by atoms with Crippen LogP contribution in [0.25, 0.3) is 22.8 Å². The van der Waals surface area contributed by atoms with E-state index in [1.807, 2.05) is 38.1 Å². The summed E-state index contributed by atoms with van der Waals surface area (Å²) in [5.41, 5.74) is 1.87. The molecular formula is C21H19FN4O3. The number of nitrogens with zero attached hydrogens (tertiary/aromatic N) is 4. The molecule has 7 nitrogen and oxygen atoms in total. The van der Waals surface area contributed by atoms with E-state index in [0.717, 1.165) is 11.3 Å². The van der Waals surface area contributed by atoms with Crippen LogP contribution in [-0.2, 0) is 6.42 Å². The van der Waals surface area contributed by atoms with E-state index in [2.05, 4.69) is 20.3 Å². The lowest BCUT2D eigenvalue weighted by Gasteiger charge is -2.09. The SMILES string of the molecule is Cc1ccc(-c2nnc(Cc3nc(-c4ccc(OC(C)C)cc4)no3)o2)cc1F. The molecule has 0 radical (unpaired) electrons. The van der Waals surface area contributed by atoms with Crippen LogP contribution in [0.15, 0.2) is 51.4 Å². The quantitative estimate of drug-likeness (QED) is 0.472. The number of halogens is 1. The molecule has 0 atom stereocenters. The molecule has 0 aliphatic heterocycles. The van der Waals surface area contributed by atoms with Crippen molar-refractivity contribution in [2.75, 3.05) is 0 Å². The smallest absolute Gasteiger partial charge is 0.247 e. The minimum Gasteiger partial charge on any atom is -0.491 e. The standard InChI is InChI=1S/C21H19FN4O3/c1-12(2)27-16-8-6-14(7-9-16)20-23-18(29-26-20)11-19-24-25-21(28-19)15-5-4-13(3)17(22)10-15/h4-10,12H,11H2,1-3H3. The first-order chi connectivity index (χ1) is 14.0. The van der Waals surface area contributed by atoms with Crippen LogP contribution in [0.5, 0.6) is 5.75 Å². The van der Waals surface area contributed by atoms with Crippen molar-refractivity contribution in [2.45, 2.75) is 33.3 Å². The van der Waals surface area contributed by atoms with Gasteiger partial charge >= 0.3 is 0 Å². The minimum absolute atomic E-state index is 0.105. The Morgan fingerprint density at radius 3 is 2.48 bits per heavy atom. The van der Waals surface area contributed by atoms with E-state index in [-0.39, 0.29) is 24.2 Å². The van der Waals surface area contributed by atoms with Crippen LogP contribution in [0.2, 0.25) is 0 Å². The second-order valence-corrected chi connectivity index (χ2v) is 6.84. The second kappa shape index (κ2) is 7.83. The predicted molar refractivity (Wildman–Crippen MR) is 103 cm³/mol. The van der Waals surface area contributed by atoms with Crippen molar-refractivity contribution in [1.82, 2.24) is 20.3 Å². The average Bonchev–Trinajstić information content (AvgIpc) is 3.34. The van der Waals surface area contributed by atoms with Gasteiger partial charge in [-0.25, -0.2) is 4.39 Å². The Kier molecular flexibility index (Phi) is 5.07. The van der Waals surface area contributed by atoms with Gasteiger partial charge in [0.25, 0.3) is 0 Å². The molecule has 0 N–H and O–H groups in total. The normalized spacial score (nSPS) is 11.2. The van der Waals surface area contributed by atoms with E-state index in [1.165, 1.54) is 6.07 Å². The maximum absolute atomic E-state index is 13.7. The molecule has 8 heteroatoms. The molecule has 0 spiro atoms. The first-order valence-electron chi connectivity index (χ1n) is 9.16. The zero-order chi connectivity index (χ0) is 20.4. The van der Waals surface area contributed by atoms with Gasteiger partial charge in [-0.15, -0.1) is 10.2 Å². The molecule has 0 fully saturated rings. The van der Waals surface area contributed by atoms with E-state index < -0.39 is 0 Å². The van der Waals surface area contributed by atoms with Crippen molar-refractivity contribution in [3.8, 4) is 28.6 Å². The van der Waals surface area contributed by atoms with Gasteiger partial charge in [-0.2, -0.15) is 4.98 Å². The summed E-state index contributed by atoms with van der Waals surface area (Å²) in [6, 6.07) is 12.2. The van der Waals surface area contributed by atoms with Crippen molar-refractivity contribution < 1.29 is 18.1 Å². The van der Waals surface area contributed by atoms with Gasteiger partial charge in [0.1, 0.15) is 18.0 Å². The van der Waals surface area contributed by atoms with E-state index in [9.17, 15) is 4.39 Å². The predicted octanol–water partition coefficient (Wildman–Crippen LogP) is 4.61.